The van der Waals surface area contributed by atoms with Gasteiger partial charge in [-0.2, -0.15) is 0 Å². The molecule has 1 N–H and O–H groups in total. The molecule has 0 aliphatic rings. The Labute approximate surface area is 133 Å². The van der Waals surface area contributed by atoms with E-state index >= 15 is 0 Å². The normalized spacial score (nSPS) is 12.5. The zero-order chi connectivity index (χ0) is 15.6. The topological polar surface area (TPSA) is 12.0 Å². The van der Waals surface area contributed by atoms with Gasteiger partial charge in [0.05, 0.1) is 6.04 Å². The van der Waals surface area contributed by atoms with Crippen LogP contribution in [0, 0.1) is 27.7 Å². The van der Waals surface area contributed by atoms with Gasteiger partial charge in [0.1, 0.15) is 0 Å². The van der Waals surface area contributed by atoms with Gasteiger partial charge in [0, 0.05) is 5.02 Å². The molecule has 0 radical (unpaired) electrons. The summed E-state index contributed by atoms with van der Waals surface area (Å²) < 4.78 is 0. The summed E-state index contributed by atoms with van der Waals surface area (Å²) in [6, 6.07) is 10.9. The van der Waals surface area contributed by atoms with Gasteiger partial charge in [-0.1, -0.05) is 42.8 Å². The standard InChI is InChI=1S/C19H24ClN/c1-6-21-19(18-12(2)8-7-9-13(18)3)16-10-14(4)15(5)11-17(16)20/h7-11,19,21H,6H2,1-5H3. The molecule has 21 heavy (non-hydrogen) atoms. The molecule has 2 rings (SSSR count). The van der Waals surface area contributed by atoms with Crippen molar-refractivity contribution in [1.82, 2.24) is 5.32 Å². The molecule has 0 aliphatic heterocycles. The Kier molecular flexibility index (Phi) is 5.08. The van der Waals surface area contributed by atoms with Gasteiger partial charge >= 0.3 is 0 Å². The van der Waals surface area contributed by atoms with Crippen LogP contribution in [0.1, 0.15) is 46.3 Å². The fraction of sp³-hybridized carbons (Fsp3) is 0.368. The quantitative estimate of drug-likeness (QED) is 0.811. The maximum absolute atomic E-state index is 6.55. The van der Waals surface area contributed by atoms with Gasteiger partial charge in [0.25, 0.3) is 0 Å². The minimum atomic E-state index is 0.142. The van der Waals surface area contributed by atoms with Crippen LogP contribution in [0.4, 0.5) is 0 Å². The molecular formula is C19H24ClN. The summed E-state index contributed by atoms with van der Waals surface area (Å²) in [5.74, 6) is 0. The molecular weight excluding hydrogens is 278 g/mol. The van der Waals surface area contributed by atoms with Crippen LogP contribution < -0.4 is 5.32 Å². The maximum Gasteiger partial charge on any atom is 0.0596 e. The van der Waals surface area contributed by atoms with Crippen LogP contribution >= 0.6 is 11.6 Å². The molecule has 0 aliphatic carbocycles. The van der Waals surface area contributed by atoms with Crippen LogP contribution in [0.2, 0.25) is 5.02 Å². The minimum absolute atomic E-state index is 0.142. The summed E-state index contributed by atoms with van der Waals surface area (Å²) in [6.45, 7) is 11.6. The highest BCUT2D eigenvalue weighted by atomic mass is 35.5. The van der Waals surface area contributed by atoms with Gasteiger partial charge in [-0.25, -0.2) is 0 Å². The van der Waals surface area contributed by atoms with E-state index in [1.165, 1.54) is 33.4 Å². The van der Waals surface area contributed by atoms with Gasteiger partial charge in [-0.3, -0.25) is 0 Å². The summed E-state index contributed by atoms with van der Waals surface area (Å²) in [6.07, 6.45) is 0. The van der Waals surface area contributed by atoms with Gasteiger partial charge in [-0.05, 0) is 73.7 Å². The van der Waals surface area contributed by atoms with Crippen molar-refractivity contribution in [3.63, 3.8) is 0 Å². The fourth-order valence-electron chi connectivity index (χ4n) is 2.88. The molecule has 2 aromatic rings. The first-order valence-corrected chi connectivity index (χ1v) is 7.89. The van der Waals surface area contributed by atoms with Crippen LogP contribution in [0.3, 0.4) is 0 Å². The van der Waals surface area contributed by atoms with E-state index in [1.807, 2.05) is 0 Å². The average Bonchev–Trinajstić information content (AvgIpc) is 2.42. The van der Waals surface area contributed by atoms with Crippen molar-refractivity contribution in [2.24, 2.45) is 0 Å². The lowest BCUT2D eigenvalue weighted by molar-refractivity contribution is 0.624. The molecule has 0 saturated heterocycles. The van der Waals surface area contributed by atoms with Crippen molar-refractivity contribution in [3.8, 4) is 0 Å². The minimum Gasteiger partial charge on any atom is -0.306 e. The van der Waals surface area contributed by atoms with Crippen molar-refractivity contribution < 1.29 is 0 Å². The molecule has 0 bridgehead atoms. The molecule has 0 heterocycles. The number of hydrogen-bond acceptors (Lipinski definition) is 1. The SMILES string of the molecule is CCNC(c1cc(C)c(C)cc1Cl)c1c(C)cccc1C. The van der Waals surface area contributed by atoms with E-state index in [9.17, 15) is 0 Å². The second-order valence-corrected chi connectivity index (χ2v) is 6.16. The predicted molar refractivity (Wildman–Crippen MR) is 92.4 cm³/mol. The maximum atomic E-state index is 6.55. The molecule has 2 aromatic carbocycles. The van der Waals surface area contributed by atoms with Gasteiger partial charge < -0.3 is 5.32 Å². The Morgan fingerprint density at radius 3 is 2.10 bits per heavy atom. The van der Waals surface area contributed by atoms with Crippen LogP contribution in [0.15, 0.2) is 30.3 Å². The van der Waals surface area contributed by atoms with Gasteiger partial charge in [0.15, 0.2) is 0 Å². The molecule has 0 amide bonds. The van der Waals surface area contributed by atoms with E-state index in [1.54, 1.807) is 0 Å². The summed E-state index contributed by atoms with van der Waals surface area (Å²) in [4.78, 5) is 0. The van der Waals surface area contributed by atoms with Crippen LogP contribution in [-0.4, -0.2) is 6.54 Å². The second-order valence-electron chi connectivity index (χ2n) is 5.75. The van der Waals surface area contributed by atoms with Gasteiger partial charge in [0.2, 0.25) is 0 Å². The summed E-state index contributed by atoms with van der Waals surface area (Å²) in [7, 11) is 0. The monoisotopic (exact) mass is 301 g/mol. The first-order valence-electron chi connectivity index (χ1n) is 7.51. The van der Waals surface area contributed by atoms with Crippen molar-refractivity contribution in [2.75, 3.05) is 6.54 Å². The van der Waals surface area contributed by atoms with Crippen LogP contribution in [0.25, 0.3) is 0 Å². The third-order valence-electron chi connectivity index (χ3n) is 4.16. The average molecular weight is 302 g/mol. The van der Waals surface area contributed by atoms with E-state index < -0.39 is 0 Å². The predicted octanol–water partition coefficient (Wildman–Crippen LogP) is 5.27. The van der Waals surface area contributed by atoms with Gasteiger partial charge in [-0.15, -0.1) is 0 Å². The lowest BCUT2D eigenvalue weighted by Gasteiger charge is -2.24. The highest BCUT2D eigenvalue weighted by Gasteiger charge is 2.20. The lowest BCUT2D eigenvalue weighted by Crippen LogP contribution is -2.24. The second kappa shape index (κ2) is 6.64. The summed E-state index contributed by atoms with van der Waals surface area (Å²) in [5.41, 5.74) is 7.62. The number of nitrogens with one attached hydrogen (secondary N) is 1. The van der Waals surface area contributed by atoms with E-state index in [0.29, 0.717) is 0 Å². The fourth-order valence-corrected chi connectivity index (χ4v) is 3.21. The largest absolute Gasteiger partial charge is 0.306 e. The Bertz CT molecular complexity index is 626. The highest BCUT2D eigenvalue weighted by molar-refractivity contribution is 6.31. The number of halogens is 1. The molecule has 112 valence electrons. The van der Waals surface area contributed by atoms with Crippen molar-refractivity contribution in [2.45, 2.75) is 40.7 Å². The van der Waals surface area contributed by atoms with Crippen molar-refractivity contribution in [3.05, 3.63) is 68.7 Å². The molecule has 1 atom stereocenters. The smallest absolute Gasteiger partial charge is 0.0596 e. The first kappa shape index (κ1) is 16.1. The third-order valence-corrected chi connectivity index (χ3v) is 4.49. The summed E-state index contributed by atoms with van der Waals surface area (Å²) in [5, 5.41) is 4.44. The number of benzene rings is 2. The van der Waals surface area contributed by atoms with Crippen molar-refractivity contribution >= 4 is 11.6 Å². The zero-order valence-electron chi connectivity index (χ0n) is 13.5. The molecule has 0 fully saturated rings. The molecule has 2 heteroatoms. The molecule has 0 spiro atoms. The first-order chi connectivity index (χ1) is 9.95. The highest BCUT2D eigenvalue weighted by Crippen LogP contribution is 2.33. The lowest BCUT2D eigenvalue weighted by atomic mass is 9.90. The summed E-state index contributed by atoms with van der Waals surface area (Å²) >= 11 is 6.55. The molecule has 1 unspecified atom stereocenters. The number of aryl methyl sites for hydroxylation is 4. The van der Waals surface area contributed by atoms with E-state index in [0.717, 1.165) is 11.6 Å². The van der Waals surface area contributed by atoms with E-state index in [-0.39, 0.29) is 6.04 Å². The van der Waals surface area contributed by atoms with Crippen LogP contribution in [-0.2, 0) is 0 Å². The zero-order valence-corrected chi connectivity index (χ0v) is 14.3. The molecule has 1 nitrogen and oxygen atoms in total. The van der Waals surface area contributed by atoms with Crippen molar-refractivity contribution in [1.29, 1.82) is 0 Å². The van der Waals surface area contributed by atoms with E-state index in [4.69, 9.17) is 11.6 Å². The number of rotatable bonds is 4. The molecule has 0 aromatic heterocycles. The Hall–Kier alpha value is -1.31. The van der Waals surface area contributed by atoms with Crippen LogP contribution in [0.5, 0.6) is 0 Å². The molecule has 0 saturated carbocycles. The number of hydrogen-bond donors (Lipinski definition) is 1. The Morgan fingerprint density at radius 1 is 0.952 bits per heavy atom. The van der Waals surface area contributed by atoms with E-state index in [2.05, 4.69) is 70.3 Å². The Balaban J connectivity index is 2.62. The third kappa shape index (κ3) is 3.30. The Morgan fingerprint density at radius 2 is 1.52 bits per heavy atom.